The summed E-state index contributed by atoms with van der Waals surface area (Å²) in [5.41, 5.74) is -0.306. The molecule has 0 spiro atoms. The Hall–Kier alpha value is -0.410. The second kappa shape index (κ2) is 7.25. The zero-order valence-corrected chi connectivity index (χ0v) is 8.37. The number of aliphatic hydroxyl groups excluding tert-OH is 2. The summed E-state index contributed by atoms with van der Waals surface area (Å²) >= 11 is 0. The standard InChI is InChI=1S/C5H12O2.C4H8O/c1-5(2,3-6)4-7;1-4(2)3-5/h6-7H,3-4H2,1-2H3;3-4H,1-2H3. The summed E-state index contributed by atoms with van der Waals surface area (Å²) in [6, 6.07) is 0. The lowest BCUT2D eigenvalue weighted by Gasteiger charge is -2.16. The quantitative estimate of drug-likeness (QED) is 0.626. The predicted octanol–water partition coefficient (Wildman–Crippen LogP) is 0.838. The molecule has 0 heterocycles. The molecule has 0 atom stereocenters. The van der Waals surface area contributed by atoms with Crippen molar-refractivity contribution in [2.75, 3.05) is 13.2 Å². The fourth-order valence-electron chi connectivity index (χ4n) is 0.0500. The Kier molecular flexibility index (Phi) is 8.54. The van der Waals surface area contributed by atoms with Gasteiger partial charge in [-0.05, 0) is 0 Å². The highest BCUT2D eigenvalue weighted by molar-refractivity contribution is 5.51. The summed E-state index contributed by atoms with van der Waals surface area (Å²) in [6.07, 6.45) is 0.917. The summed E-state index contributed by atoms with van der Waals surface area (Å²) in [7, 11) is 0. The lowest BCUT2D eigenvalue weighted by atomic mass is 9.97. The minimum atomic E-state index is -0.306. The van der Waals surface area contributed by atoms with Crippen molar-refractivity contribution in [3.63, 3.8) is 0 Å². The van der Waals surface area contributed by atoms with Gasteiger partial charge in [0.25, 0.3) is 0 Å². The van der Waals surface area contributed by atoms with Gasteiger partial charge < -0.3 is 15.0 Å². The number of carbonyl (C=O) groups excluding carboxylic acids is 1. The molecule has 0 aromatic heterocycles. The van der Waals surface area contributed by atoms with E-state index in [1.807, 2.05) is 13.8 Å². The van der Waals surface area contributed by atoms with Crippen LogP contribution in [0.1, 0.15) is 27.7 Å². The normalized spacial score (nSPS) is 10.6. The minimum Gasteiger partial charge on any atom is -0.396 e. The van der Waals surface area contributed by atoms with E-state index in [1.54, 1.807) is 13.8 Å². The Morgan fingerprint density at radius 2 is 1.50 bits per heavy atom. The summed E-state index contributed by atoms with van der Waals surface area (Å²) in [6.45, 7) is 7.40. The fraction of sp³-hybridized carbons (Fsp3) is 0.889. The molecular formula is C9H20O3. The number of hydrogen-bond donors (Lipinski definition) is 2. The van der Waals surface area contributed by atoms with Crippen LogP contribution in [0.4, 0.5) is 0 Å². The Labute approximate surface area is 74.4 Å². The van der Waals surface area contributed by atoms with E-state index in [-0.39, 0.29) is 24.5 Å². The fourth-order valence-corrected chi connectivity index (χ4v) is 0.0500. The van der Waals surface area contributed by atoms with Crippen LogP contribution >= 0.6 is 0 Å². The third-order valence-electron chi connectivity index (χ3n) is 1.13. The molecule has 0 aromatic rings. The van der Waals surface area contributed by atoms with Crippen LogP contribution in [-0.4, -0.2) is 29.7 Å². The Bertz CT molecular complexity index is 102. The zero-order chi connectivity index (χ0) is 10.2. The van der Waals surface area contributed by atoms with E-state index in [4.69, 9.17) is 10.2 Å². The van der Waals surface area contributed by atoms with E-state index in [0.717, 1.165) is 6.29 Å². The van der Waals surface area contributed by atoms with Crippen molar-refractivity contribution >= 4 is 6.29 Å². The first kappa shape index (κ1) is 14.1. The van der Waals surface area contributed by atoms with Crippen molar-refractivity contribution in [3.05, 3.63) is 0 Å². The average Bonchev–Trinajstić information content (AvgIpc) is 2.05. The van der Waals surface area contributed by atoms with Gasteiger partial charge in [-0.2, -0.15) is 0 Å². The van der Waals surface area contributed by atoms with Gasteiger partial charge in [0.1, 0.15) is 6.29 Å². The lowest BCUT2D eigenvalue weighted by Crippen LogP contribution is -2.20. The first-order valence-corrected chi connectivity index (χ1v) is 4.06. The molecule has 0 bridgehead atoms. The molecule has 0 aliphatic heterocycles. The van der Waals surface area contributed by atoms with Crippen LogP contribution in [0, 0.1) is 11.3 Å². The maximum absolute atomic E-state index is 9.50. The van der Waals surface area contributed by atoms with Crippen LogP contribution in [0.15, 0.2) is 0 Å². The lowest BCUT2D eigenvalue weighted by molar-refractivity contribution is -0.110. The molecule has 0 unspecified atom stereocenters. The van der Waals surface area contributed by atoms with Gasteiger partial charge >= 0.3 is 0 Å². The van der Waals surface area contributed by atoms with Crippen molar-refractivity contribution in [1.82, 2.24) is 0 Å². The second-order valence-corrected chi connectivity index (χ2v) is 3.86. The SMILES string of the molecule is CC(C)(CO)CO.CC(C)C=O. The van der Waals surface area contributed by atoms with E-state index in [9.17, 15) is 4.79 Å². The number of rotatable bonds is 3. The molecule has 0 amide bonds. The van der Waals surface area contributed by atoms with Crippen LogP contribution in [0.5, 0.6) is 0 Å². The molecule has 0 radical (unpaired) electrons. The van der Waals surface area contributed by atoms with Gasteiger partial charge in [-0.15, -0.1) is 0 Å². The van der Waals surface area contributed by atoms with Crippen LogP contribution in [0.25, 0.3) is 0 Å². The van der Waals surface area contributed by atoms with Gasteiger partial charge in [0.05, 0.1) is 13.2 Å². The third kappa shape index (κ3) is 12.3. The molecule has 74 valence electrons. The monoisotopic (exact) mass is 176 g/mol. The highest BCUT2D eigenvalue weighted by Gasteiger charge is 2.13. The number of carbonyl (C=O) groups is 1. The molecule has 0 saturated carbocycles. The van der Waals surface area contributed by atoms with Crippen molar-refractivity contribution in [2.24, 2.45) is 11.3 Å². The summed E-state index contributed by atoms with van der Waals surface area (Å²) in [4.78, 5) is 9.50. The van der Waals surface area contributed by atoms with Gasteiger partial charge in [-0.25, -0.2) is 0 Å². The molecule has 3 nitrogen and oxygen atoms in total. The van der Waals surface area contributed by atoms with Crippen LogP contribution in [0.3, 0.4) is 0 Å². The van der Waals surface area contributed by atoms with Crippen molar-refractivity contribution in [1.29, 1.82) is 0 Å². The predicted molar refractivity (Wildman–Crippen MR) is 48.9 cm³/mol. The highest BCUT2D eigenvalue weighted by atomic mass is 16.3. The molecule has 0 rings (SSSR count). The van der Waals surface area contributed by atoms with Gasteiger partial charge in [0, 0.05) is 11.3 Å². The Morgan fingerprint density at radius 1 is 1.25 bits per heavy atom. The minimum absolute atomic E-state index is 0.0451. The average molecular weight is 176 g/mol. The summed E-state index contributed by atoms with van der Waals surface area (Å²) in [5.74, 6) is 0.204. The Morgan fingerprint density at radius 3 is 1.50 bits per heavy atom. The molecule has 12 heavy (non-hydrogen) atoms. The molecule has 0 aliphatic rings. The van der Waals surface area contributed by atoms with Crippen LogP contribution < -0.4 is 0 Å². The number of hydrogen-bond acceptors (Lipinski definition) is 3. The van der Waals surface area contributed by atoms with E-state index < -0.39 is 0 Å². The maximum Gasteiger partial charge on any atom is 0.122 e. The maximum atomic E-state index is 9.50. The second-order valence-electron chi connectivity index (χ2n) is 3.86. The first-order valence-electron chi connectivity index (χ1n) is 4.06. The number of aliphatic hydroxyl groups is 2. The molecular weight excluding hydrogens is 156 g/mol. The highest BCUT2D eigenvalue weighted by Crippen LogP contribution is 2.10. The molecule has 0 aromatic carbocycles. The number of aldehydes is 1. The molecule has 0 aliphatic carbocycles. The van der Waals surface area contributed by atoms with Gasteiger partial charge in [-0.1, -0.05) is 27.7 Å². The van der Waals surface area contributed by atoms with Crippen molar-refractivity contribution < 1.29 is 15.0 Å². The molecule has 3 heteroatoms. The molecule has 0 saturated heterocycles. The topological polar surface area (TPSA) is 57.5 Å². The van der Waals surface area contributed by atoms with Gasteiger partial charge in [-0.3, -0.25) is 0 Å². The van der Waals surface area contributed by atoms with E-state index in [0.29, 0.717) is 0 Å². The third-order valence-corrected chi connectivity index (χ3v) is 1.13. The zero-order valence-electron chi connectivity index (χ0n) is 8.37. The molecule has 0 fully saturated rings. The van der Waals surface area contributed by atoms with Gasteiger partial charge in [0.2, 0.25) is 0 Å². The summed E-state index contributed by atoms with van der Waals surface area (Å²) in [5, 5.41) is 16.9. The van der Waals surface area contributed by atoms with E-state index in [2.05, 4.69) is 0 Å². The van der Waals surface area contributed by atoms with Crippen LogP contribution in [-0.2, 0) is 4.79 Å². The molecule has 2 N–H and O–H groups in total. The van der Waals surface area contributed by atoms with Crippen LogP contribution in [0.2, 0.25) is 0 Å². The summed E-state index contributed by atoms with van der Waals surface area (Å²) < 4.78 is 0. The Balaban J connectivity index is 0. The first-order chi connectivity index (χ1) is 5.39. The van der Waals surface area contributed by atoms with Crippen molar-refractivity contribution in [2.45, 2.75) is 27.7 Å². The van der Waals surface area contributed by atoms with Crippen molar-refractivity contribution in [3.8, 4) is 0 Å². The van der Waals surface area contributed by atoms with Gasteiger partial charge in [0.15, 0.2) is 0 Å². The smallest absolute Gasteiger partial charge is 0.122 e. The van der Waals surface area contributed by atoms with E-state index in [1.165, 1.54) is 0 Å². The largest absolute Gasteiger partial charge is 0.396 e. The van der Waals surface area contributed by atoms with E-state index >= 15 is 0 Å².